The number of nitrogens with zero attached hydrogens (tertiary/aromatic N) is 1. The molecular weight excluding hydrogens is 394 g/mol. The molecule has 0 spiro atoms. The number of hydrogen-bond donors (Lipinski definition) is 1. The van der Waals surface area contributed by atoms with Gasteiger partial charge in [-0.3, -0.25) is 4.79 Å². The fourth-order valence-corrected chi connectivity index (χ4v) is 4.30. The van der Waals surface area contributed by atoms with Crippen LogP contribution in [0.1, 0.15) is 56.2 Å². The maximum atomic E-state index is 13.9. The van der Waals surface area contributed by atoms with Gasteiger partial charge in [0.15, 0.2) is 0 Å². The van der Waals surface area contributed by atoms with E-state index in [0.29, 0.717) is 13.1 Å². The zero-order chi connectivity index (χ0) is 22.8. The molecule has 0 aromatic heterocycles. The molecule has 1 amide bonds. The van der Waals surface area contributed by atoms with Crippen molar-refractivity contribution in [2.75, 3.05) is 6.54 Å². The summed E-state index contributed by atoms with van der Waals surface area (Å²) in [6.07, 6.45) is 4.39. The molecule has 0 heterocycles. The van der Waals surface area contributed by atoms with Gasteiger partial charge in [0.1, 0.15) is 5.60 Å². The van der Waals surface area contributed by atoms with Crippen LogP contribution < -0.4 is 0 Å². The van der Waals surface area contributed by atoms with Crippen molar-refractivity contribution in [2.24, 2.45) is 5.92 Å². The third-order valence-corrected chi connectivity index (χ3v) is 6.23. The van der Waals surface area contributed by atoms with Crippen LogP contribution in [0.4, 0.5) is 0 Å². The van der Waals surface area contributed by atoms with Crippen molar-refractivity contribution in [1.29, 1.82) is 0 Å². The second-order valence-corrected chi connectivity index (χ2v) is 8.53. The van der Waals surface area contributed by atoms with Gasteiger partial charge in [-0.05, 0) is 23.1 Å². The van der Waals surface area contributed by atoms with Crippen LogP contribution in [0.3, 0.4) is 0 Å². The number of unbranched alkanes of at least 4 members (excludes halogenated alkanes) is 3. The Kier molecular flexibility index (Phi) is 8.64. The van der Waals surface area contributed by atoms with Crippen LogP contribution >= 0.6 is 0 Å². The van der Waals surface area contributed by atoms with E-state index in [0.717, 1.165) is 36.0 Å². The zero-order valence-electron chi connectivity index (χ0n) is 19.3. The highest BCUT2D eigenvalue weighted by atomic mass is 16.3. The van der Waals surface area contributed by atoms with E-state index in [4.69, 9.17) is 0 Å². The van der Waals surface area contributed by atoms with Gasteiger partial charge in [0.05, 0.1) is 5.92 Å². The fourth-order valence-electron chi connectivity index (χ4n) is 4.30. The van der Waals surface area contributed by atoms with Crippen molar-refractivity contribution in [3.05, 3.63) is 108 Å². The molecule has 0 saturated carbocycles. The monoisotopic (exact) mass is 429 g/mol. The Labute approximate surface area is 192 Å². The van der Waals surface area contributed by atoms with Gasteiger partial charge in [-0.2, -0.15) is 0 Å². The summed E-state index contributed by atoms with van der Waals surface area (Å²) in [4.78, 5) is 15.8. The van der Waals surface area contributed by atoms with E-state index < -0.39 is 11.5 Å². The Morgan fingerprint density at radius 1 is 0.812 bits per heavy atom. The molecule has 3 aromatic carbocycles. The van der Waals surface area contributed by atoms with E-state index in [1.165, 1.54) is 6.42 Å². The number of rotatable bonds is 11. The molecule has 3 nitrogen and oxygen atoms in total. The Hall–Kier alpha value is -2.91. The molecule has 32 heavy (non-hydrogen) atoms. The lowest BCUT2D eigenvalue weighted by atomic mass is 9.76. The summed E-state index contributed by atoms with van der Waals surface area (Å²) in [5, 5.41) is 12.1. The highest BCUT2D eigenvalue weighted by Gasteiger charge is 2.43. The van der Waals surface area contributed by atoms with Crippen molar-refractivity contribution >= 4 is 5.91 Å². The van der Waals surface area contributed by atoms with Crippen LogP contribution in [-0.4, -0.2) is 22.5 Å². The van der Waals surface area contributed by atoms with Crippen molar-refractivity contribution < 1.29 is 9.90 Å². The van der Waals surface area contributed by atoms with E-state index in [1.54, 1.807) is 0 Å². The molecule has 0 unspecified atom stereocenters. The predicted octanol–water partition coefficient (Wildman–Crippen LogP) is 6.17. The van der Waals surface area contributed by atoms with Crippen LogP contribution in [0, 0.1) is 5.92 Å². The minimum absolute atomic E-state index is 0.0273. The molecule has 0 saturated heterocycles. The van der Waals surface area contributed by atoms with Gasteiger partial charge < -0.3 is 10.0 Å². The van der Waals surface area contributed by atoms with E-state index >= 15 is 0 Å². The third kappa shape index (κ3) is 5.66. The molecule has 0 aliphatic carbocycles. The number of hydrogen-bond acceptors (Lipinski definition) is 2. The van der Waals surface area contributed by atoms with Crippen LogP contribution in [0.15, 0.2) is 91.0 Å². The Balaban J connectivity index is 1.92. The smallest absolute Gasteiger partial charge is 0.229 e. The Morgan fingerprint density at radius 3 is 1.81 bits per heavy atom. The average Bonchev–Trinajstić information content (AvgIpc) is 2.86. The molecule has 3 heteroatoms. The molecule has 3 aromatic rings. The second kappa shape index (κ2) is 11.6. The largest absolute Gasteiger partial charge is 0.380 e. The normalized spacial score (nSPS) is 12.3. The summed E-state index contributed by atoms with van der Waals surface area (Å²) >= 11 is 0. The van der Waals surface area contributed by atoms with E-state index in [-0.39, 0.29) is 5.91 Å². The SMILES string of the molecule is CCCCCCN(Cc1ccccc1)C(=O)[C@H](C)C(O)(c1ccccc1)c1ccccc1. The van der Waals surface area contributed by atoms with Crippen LogP contribution in [0.25, 0.3) is 0 Å². The van der Waals surface area contributed by atoms with Crippen LogP contribution in [0.5, 0.6) is 0 Å². The minimum Gasteiger partial charge on any atom is -0.380 e. The fraction of sp³-hybridized carbons (Fsp3) is 0.345. The molecule has 0 aliphatic rings. The lowest BCUT2D eigenvalue weighted by molar-refractivity contribution is -0.143. The number of aliphatic hydroxyl groups is 1. The van der Waals surface area contributed by atoms with Crippen molar-refractivity contribution in [3.63, 3.8) is 0 Å². The van der Waals surface area contributed by atoms with Gasteiger partial charge in [0.25, 0.3) is 0 Å². The summed E-state index contributed by atoms with van der Waals surface area (Å²) in [7, 11) is 0. The predicted molar refractivity (Wildman–Crippen MR) is 131 cm³/mol. The highest BCUT2D eigenvalue weighted by molar-refractivity contribution is 5.81. The number of carbonyl (C=O) groups excluding carboxylic acids is 1. The topological polar surface area (TPSA) is 40.5 Å². The lowest BCUT2D eigenvalue weighted by Crippen LogP contribution is -2.46. The maximum absolute atomic E-state index is 13.9. The molecule has 0 bridgehead atoms. The minimum atomic E-state index is -1.40. The number of amides is 1. The lowest BCUT2D eigenvalue weighted by Gasteiger charge is -2.37. The molecule has 3 rings (SSSR count). The van der Waals surface area contributed by atoms with E-state index in [2.05, 4.69) is 19.1 Å². The highest BCUT2D eigenvalue weighted by Crippen LogP contribution is 2.38. The summed E-state index contributed by atoms with van der Waals surface area (Å²) in [5.74, 6) is -0.664. The van der Waals surface area contributed by atoms with Gasteiger partial charge in [-0.15, -0.1) is 0 Å². The first-order valence-electron chi connectivity index (χ1n) is 11.7. The summed E-state index contributed by atoms with van der Waals surface area (Å²) in [6, 6.07) is 29.2. The second-order valence-electron chi connectivity index (χ2n) is 8.53. The third-order valence-electron chi connectivity index (χ3n) is 6.23. The average molecular weight is 430 g/mol. The molecule has 0 aliphatic heterocycles. The van der Waals surface area contributed by atoms with Crippen molar-refractivity contribution in [2.45, 2.75) is 51.7 Å². The molecule has 0 radical (unpaired) electrons. The van der Waals surface area contributed by atoms with Gasteiger partial charge in [-0.1, -0.05) is 124 Å². The van der Waals surface area contributed by atoms with E-state index in [9.17, 15) is 9.90 Å². The van der Waals surface area contributed by atoms with Gasteiger partial charge in [0.2, 0.25) is 5.91 Å². The number of benzene rings is 3. The standard InChI is InChI=1S/C29H35NO2/c1-3-4-5-15-22-30(23-25-16-9-6-10-17-25)28(31)24(2)29(32,26-18-11-7-12-19-26)27-20-13-8-14-21-27/h6-14,16-21,24,32H,3-5,15,22-23H2,1-2H3/t24-/m0/s1. The Bertz CT molecular complexity index is 901. The van der Waals surface area contributed by atoms with Gasteiger partial charge >= 0.3 is 0 Å². The van der Waals surface area contributed by atoms with Crippen LogP contribution in [0.2, 0.25) is 0 Å². The molecule has 1 atom stereocenters. The summed E-state index contributed by atoms with van der Waals surface area (Å²) in [5.41, 5.74) is 1.17. The molecule has 168 valence electrons. The molecule has 1 N–H and O–H groups in total. The first-order valence-corrected chi connectivity index (χ1v) is 11.7. The van der Waals surface area contributed by atoms with Gasteiger partial charge in [0, 0.05) is 13.1 Å². The quantitative estimate of drug-likeness (QED) is 0.370. The zero-order valence-corrected chi connectivity index (χ0v) is 19.3. The first kappa shape index (κ1) is 23.7. The van der Waals surface area contributed by atoms with Crippen molar-refractivity contribution in [3.8, 4) is 0 Å². The maximum Gasteiger partial charge on any atom is 0.229 e. The molecule has 0 fully saturated rings. The molecular formula is C29H35NO2. The summed E-state index contributed by atoms with van der Waals surface area (Å²) in [6.45, 7) is 5.29. The van der Waals surface area contributed by atoms with E-state index in [1.807, 2.05) is 90.7 Å². The summed E-state index contributed by atoms with van der Waals surface area (Å²) < 4.78 is 0. The van der Waals surface area contributed by atoms with Crippen LogP contribution in [-0.2, 0) is 16.9 Å². The first-order chi connectivity index (χ1) is 15.6. The number of carbonyl (C=O) groups is 1. The van der Waals surface area contributed by atoms with Gasteiger partial charge in [-0.25, -0.2) is 0 Å². The Morgan fingerprint density at radius 2 is 1.31 bits per heavy atom. The van der Waals surface area contributed by atoms with Crippen molar-refractivity contribution in [1.82, 2.24) is 4.90 Å².